The molecule has 1 amide bonds. The maximum atomic E-state index is 11.3. The molecule has 0 bridgehead atoms. The molecule has 0 spiro atoms. The fraction of sp³-hybridized carbons (Fsp3) is 0.385. The number of ether oxygens (including phenoxy) is 1. The standard InChI is InChI=1S/C13H18N4O7S2/c1-2-6-25-9-3-4-10(17(19)20)11(8-9)16(5-7-26(21,22)23)12(14)24-13(15)18/h3-4,8,14H,2,5-7H2,1H3,(H2,15,18)(H,21,22,23). The first-order valence-electron chi connectivity index (χ1n) is 7.25. The number of anilines is 1. The third-order valence-electron chi connectivity index (χ3n) is 2.92. The average molecular weight is 406 g/mol. The molecule has 13 heteroatoms. The van der Waals surface area contributed by atoms with E-state index in [9.17, 15) is 23.3 Å². The van der Waals surface area contributed by atoms with E-state index in [4.69, 9.17) is 15.7 Å². The number of primary amides is 1. The van der Waals surface area contributed by atoms with Gasteiger partial charge in [0.15, 0.2) is 0 Å². The summed E-state index contributed by atoms with van der Waals surface area (Å²) in [6.45, 7) is 1.39. The van der Waals surface area contributed by atoms with Crippen LogP contribution in [0.5, 0.6) is 0 Å². The minimum absolute atomic E-state index is 0.161. The Balaban J connectivity index is 3.37. The highest BCUT2D eigenvalue weighted by Crippen LogP contribution is 2.33. The number of amides is 1. The number of thioether (sulfide) groups is 1. The van der Waals surface area contributed by atoms with E-state index in [0.717, 1.165) is 17.1 Å². The normalized spacial score (nSPS) is 11.0. The molecule has 1 aromatic carbocycles. The van der Waals surface area contributed by atoms with Crippen molar-refractivity contribution >= 4 is 45.4 Å². The van der Waals surface area contributed by atoms with Crippen molar-refractivity contribution in [3.8, 4) is 0 Å². The van der Waals surface area contributed by atoms with E-state index in [-0.39, 0.29) is 5.69 Å². The van der Waals surface area contributed by atoms with Crippen LogP contribution >= 0.6 is 11.8 Å². The van der Waals surface area contributed by atoms with Crippen LogP contribution in [-0.2, 0) is 14.9 Å². The fourth-order valence-corrected chi connectivity index (χ4v) is 3.08. The van der Waals surface area contributed by atoms with Crippen molar-refractivity contribution in [2.24, 2.45) is 5.73 Å². The summed E-state index contributed by atoms with van der Waals surface area (Å²) in [6.07, 6.45) is -0.490. The van der Waals surface area contributed by atoms with Gasteiger partial charge in [-0.1, -0.05) is 6.92 Å². The Morgan fingerprint density at radius 1 is 1.50 bits per heavy atom. The number of carbonyl (C=O) groups excluding carboxylic acids is 1. The maximum absolute atomic E-state index is 11.3. The zero-order chi connectivity index (χ0) is 19.9. The predicted octanol–water partition coefficient (Wildman–Crippen LogP) is 1.82. The number of nitrogens with one attached hydrogen (secondary N) is 1. The van der Waals surface area contributed by atoms with E-state index in [2.05, 4.69) is 4.74 Å². The number of nitrogens with two attached hydrogens (primary N) is 1. The zero-order valence-electron chi connectivity index (χ0n) is 13.7. The summed E-state index contributed by atoms with van der Waals surface area (Å²) in [7, 11) is -4.43. The number of nitro groups is 1. The minimum Gasteiger partial charge on any atom is -0.376 e. The molecule has 0 saturated carbocycles. The topological polar surface area (TPSA) is 177 Å². The number of nitro benzene ring substituents is 1. The summed E-state index contributed by atoms with van der Waals surface area (Å²) in [5, 5.41) is 19.1. The van der Waals surface area contributed by atoms with Gasteiger partial charge in [-0.2, -0.15) is 8.42 Å². The molecular formula is C13H18N4O7S2. The Morgan fingerprint density at radius 3 is 2.65 bits per heavy atom. The van der Waals surface area contributed by atoms with Crippen LogP contribution in [-0.4, -0.2) is 48.1 Å². The van der Waals surface area contributed by atoms with Crippen LogP contribution in [0.25, 0.3) is 0 Å². The minimum atomic E-state index is -4.43. The van der Waals surface area contributed by atoms with Gasteiger partial charge < -0.3 is 10.5 Å². The van der Waals surface area contributed by atoms with Crippen LogP contribution in [0.2, 0.25) is 0 Å². The molecule has 11 nitrogen and oxygen atoms in total. The summed E-state index contributed by atoms with van der Waals surface area (Å²) in [6, 6.07) is 3.19. The van der Waals surface area contributed by atoms with Gasteiger partial charge in [-0.3, -0.25) is 25.0 Å². The van der Waals surface area contributed by atoms with Crippen molar-refractivity contribution in [2.45, 2.75) is 18.2 Å². The van der Waals surface area contributed by atoms with Crippen molar-refractivity contribution < 1.29 is 27.4 Å². The van der Waals surface area contributed by atoms with Gasteiger partial charge in [-0.15, -0.1) is 11.8 Å². The van der Waals surface area contributed by atoms with Gasteiger partial charge in [-0.05, 0) is 24.3 Å². The monoisotopic (exact) mass is 406 g/mol. The molecule has 0 aliphatic rings. The van der Waals surface area contributed by atoms with Crippen molar-refractivity contribution in [1.82, 2.24) is 0 Å². The molecule has 4 N–H and O–H groups in total. The molecule has 0 atom stereocenters. The second-order valence-electron chi connectivity index (χ2n) is 4.92. The molecule has 0 aliphatic carbocycles. The lowest BCUT2D eigenvalue weighted by Crippen LogP contribution is -2.38. The SMILES string of the molecule is CCCSc1ccc([N+](=O)[O-])c(N(CCS(=O)(=O)O)C(=N)OC(N)=O)c1. The largest absolute Gasteiger partial charge is 0.412 e. The number of benzene rings is 1. The van der Waals surface area contributed by atoms with Crippen LogP contribution in [0, 0.1) is 15.5 Å². The van der Waals surface area contributed by atoms with E-state index in [0.29, 0.717) is 4.90 Å². The molecule has 0 fully saturated rings. The molecular weight excluding hydrogens is 388 g/mol. The molecule has 1 aromatic rings. The van der Waals surface area contributed by atoms with Gasteiger partial charge in [0.05, 0.1) is 10.7 Å². The number of hydrogen-bond acceptors (Lipinski definition) is 8. The third kappa shape index (κ3) is 6.85. The average Bonchev–Trinajstić information content (AvgIpc) is 2.51. The lowest BCUT2D eigenvalue weighted by Gasteiger charge is -2.23. The molecule has 0 aliphatic heterocycles. The molecule has 0 aromatic heterocycles. The molecule has 144 valence electrons. The van der Waals surface area contributed by atoms with E-state index in [1.54, 1.807) is 0 Å². The van der Waals surface area contributed by atoms with E-state index in [1.165, 1.54) is 30.0 Å². The number of amidine groups is 1. The van der Waals surface area contributed by atoms with Gasteiger partial charge in [0.2, 0.25) is 0 Å². The Labute approximate surface area is 153 Å². The highest BCUT2D eigenvalue weighted by Gasteiger charge is 2.26. The van der Waals surface area contributed by atoms with Crippen LogP contribution in [0.3, 0.4) is 0 Å². The van der Waals surface area contributed by atoms with Crippen LogP contribution in [0.1, 0.15) is 13.3 Å². The summed E-state index contributed by atoms with van der Waals surface area (Å²) in [5.41, 5.74) is 4.26. The van der Waals surface area contributed by atoms with Crippen molar-refractivity contribution in [1.29, 1.82) is 5.41 Å². The molecule has 1 rings (SSSR count). The zero-order valence-corrected chi connectivity index (χ0v) is 15.4. The van der Waals surface area contributed by atoms with Gasteiger partial charge in [-0.25, -0.2) is 4.79 Å². The Kier molecular flexibility index (Phi) is 7.79. The number of hydrogen-bond donors (Lipinski definition) is 3. The molecule has 0 unspecified atom stereocenters. The first kappa shape index (κ1) is 21.7. The van der Waals surface area contributed by atoms with E-state index >= 15 is 0 Å². The van der Waals surface area contributed by atoms with E-state index < -0.39 is 45.1 Å². The van der Waals surface area contributed by atoms with E-state index in [1.807, 2.05) is 6.92 Å². The second-order valence-corrected chi connectivity index (χ2v) is 7.66. The number of nitrogens with zero attached hydrogens (tertiary/aromatic N) is 2. The Hall–Kier alpha value is -2.38. The van der Waals surface area contributed by atoms with Crippen LogP contribution in [0.15, 0.2) is 23.1 Å². The van der Waals surface area contributed by atoms with Gasteiger partial charge in [0.1, 0.15) is 5.69 Å². The lowest BCUT2D eigenvalue weighted by atomic mass is 10.2. The van der Waals surface area contributed by atoms with Gasteiger partial charge in [0.25, 0.3) is 21.8 Å². The summed E-state index contributed by atoms with van der Waals surface area (Å²) in [4.78, 5) is 22.9. The number of rotatable bonds is 8. The number of carbonyl (C=O) groups is 1. The first-order chi connectivity index (χ1) is 12.0. The summed E-state index contributed by atoms with van der Waals surface area (Å²) in [5.74, 6) is -0.113. The lowest BCUT2D eigenvalue weighted by molar-refractivity contribution is -0.384. The molecule has 26 heavy (non-hydrogen) atoms. The Morgan fingerprint density at radius 2 is 2.15 bits per heavy atom. The van der Waals surface area contributed by atoms with Gasteiger partial charge in [0, 0.05) is 17.5 Å². The van der Waals surface area contributed by atoms with Crippen molar-refractivity contribution in [3.05, 3.63) is 28.3 Å². The fourth-order valence-electron chi connectivity index (χ4n) is 1.87. The molecule has 0 saturated heterocycles. The van der Waals surface area contributed by atoms with Crippen molar-refractivity contribution in [3.63, 3.8) is 0 Å². The van der Waals surface area contributed by atoms with Gasteiger partial charge >= 0.3 is 6.09 Å². The Bertz CT molecular complexity index is 798. The smallest absolute Gasteiger partial charge is 0.376 e. The third-order valence-corrected chi connectivity index (χ3v) is 4.82. The summed E-state index contributed by atoms with van der Waals surface area (Å²) >= 11 is 1.40. The first-order valence-corrected chi connectivity index (χ1v) is 9.84. The second kappa shape index (κ2) is 9.35. The highest BCUT2D eigenvalue weighted by atomic mass is 32.2. The van der Waals surface area contributed by atoms with Crippen molar-refractivity contribution in [2.75, 3.05) is 23.0 Å². The highest BCUT2D eigenvalue weighted by molar-refractivity contribution is 7.99. The van der Waals surface area contributed by atoms with Crippen LogP contribution < -0.4 is 10.6 Å². The molecule has 0 radical (unpaired) electrons. The van der Waals surface area contributed by atoms with Crippen LogP contribution in [0.4, 0.5) is 16.2 Å². The maximum Gasteiger partial charge on any atom is 0.412 e. The summed E-state index contributed by atoms with van der Waals surface area (Å²) < 4.78 is 35.4. The predicted molar refractivity (Wildman–Crippen MR) is 96.3 cm³/mol. The molecule has 0 heterocycles. The quantitative estimate of drug-likeness (QED) is 0.145.